The Morgan fingerprint density at radius 1 is 1.10 bits per heavy atom. The number of hydrogen-bond donors (Lipinski definition) is 3. The molecule has 3 fully saturated rings. The van der Waals surface area contributed by atoms with Gasteiger partial charge in [-0.1, -0.05) is 70.2 Å². The summed E-state index contributed by atoms with van der Waals surface area (Å²) >= 11 is 0. The second kappa shape index (κ2) is 12.0. The first kappa shape index (κ1) is 30.2. The van der Waals surface area contributed by atoms with Crippen molar-refractivity contribution in [1.29, 1.82) is 0 Å². The minimum atomic E-state index is -3.73. The second-order valence-corrected chi connectivity index (χ2v) is 15.1. The van der Waals surface area contributed by atoms with Gasteiger partial charge in [0.1, 0.15) is 0 Å². The van der Waals surface area contributed by atoms with Gasteiger partial charge in [0, 0.05) is 6.42 Å². The molecule has 0 spiro atoms. The second-order valence-electron chi connectivity index (χ2n) is 13.0. The van der Waals surface area contributed by atoms with Gasteiger partial charge in [-0.15, -0.1) is 0 Å². The number of rotatable bonds is 8. The Morgan fingerprint density at radius 2 is 1.79 bits per heavy atom. The minimum Gasteiger partial charge on any atom is -0.393 e. The van der Waals surface area contributed by atoms with Crippen molar-refractivity contribution in [2.24, 2.45) is 29.1 Å². The van der Waals surface area contributed by atoms with Crippen molar-refractivity contribution < 1.29 is 23.7 Å². The maximum atomic E-state index is 14.0. The van der Waals surface area contributed by atoms with E-state index in [4.69, 9.17) is 0 Å². The van der Waals surface area contributed by atoms with Crippen LogP contribution >= 0.6 is 0 Å². The van der Waals surface area contributed by atoms with Crippen LogP contribution in [0.15, 0.2) is 70.7 Å². The number of fused-ring (bicyclic) bond motifs is 1. The lowest BCUT2D eigenvalue weighted by Crippen LogP contribution is -2.46. The van der Waals surface area contributed by atoms with Crippen molar-refractivity contribution in [1.82, 2.24) is 0 Å². The number of benzene rings is 1. The molecule has 4 rings (SSSR count). The fourth-order valence-electron chi connectivity index (χ4n) is 8.06. The highest BCUT2D eigenvalue weighted by atomic mass is 32.2. The van der Waals surface area contributed by atoms with E-state index >= 15 is 0 Å². The number of allylic oxidation sites excluding steroid dienone is 3. The number of aliphatic hydroxyl groups is 3. The van der Waals surface area contributed by atoms with E-state index in [1.54, 1.807) is 24.3 Å². The van der Waals surface area contributed by atoms with Gasteiger partial charge in [0.15, 0.2) is 9.84 Å². The molecule has 216 valence electrons. The standard InChI is InChI=1S/C33H48O5S/c1-21(2)18-31(36)32(39(37,38)27-11-7-6-8-12-27)23(4)28-15-16-29-24(10-9-17-33(28,29)5)13-14-25-19-26(34)20-30(35)22(25)3/h6-8,11-14,21,23,26,28-32,34-36H,3,9-10,15-20H2,1-2,4-5H3/t23-,26+,28+,29-,30-,31?,32?,33+/m0/s1. The van der Waals surface area contributed by atoms with E-state index < -0.39 is 33.4 Å². The zero-order valence-electron chi connectivity index (χ0n) is 24.1. The zero-order chi connectivity index (χ0) is 28.5. The summed E-state index contributed by atoms with van der Waals surface area (Å²) in [5.41, 5.74) is 2.93. The molecule has 0 aliphatic heterocycles. The molecule has 0 amide bonds. The van der Waals surface area contributed by atoms with E-state index in [1.807, 2.05) is 26.0 Å². The van der Waals surface area contributed by atoms with Crippen LogP contribution in [0.3, 0.4) is 0 Å². The van der Waals surface area contributed by atoms with Crippen molar-refractivity contribution in [2.75, 3.05) is 0 Å². The predicted molar refractivity (Wildman–Crippen MR) is 157 cm³/mol. The highest BCUT2D eigenvalue weighted by molar-refractivity contribution is 7.92. The summed E-state index contributed by atoms with van der Waals surface area (Å²) < 4.78 is 28.0. The zero-order valence-corrected chi connectivity index (χ0v) is 24.9. The largest absolute Gasteiger partial charge is 0.393 e. The topological polar surface area (TPSA) is 94.8 Å². The minimum absolute atomic E-state index is 0.0490. The third kappa shape index (κ3) is 6.14. The van der Waals surface area contributed by atoms with Crippen LogP contribution in [0, 0.1) is 29.1 Å². The molecule has 2 unspecified atom stereocenters. The van der Waals surface area contributed by atoms with Gasteiger partial charge in [0.25, 0.3) is 0 Å². The summed E-state index contributed by atoms with van der Waals surface area (Å²) in [6.45, 7) is 12.5. The van der Waals surface area contributed by atoms with Crippen LogP contribution in [-0.4, -0.2) is 47.3 Å². The van der Waals surface area contributed by atoms with Gasteiger partial charge in [-0.25, -0.2) is 8.42 Å². The lowest BCUT2D eigenvalue weighted by atomic mass is 9.60. The quantitative estimate of drug-likeness (QED) is 0.364. The molecule has 39 heavy (non-hydrogen) atoms. The summed E-state index contributed by atoms with van der Waals surface area (Å²) in [4.78, 5) is 0.289. The molecule has 1 aromatic rings. The van der Waals surface area contributed by atoms with Gasteiger partial charge in [-0.2, -0.15) is 0 Å². The van der Waals surface area contributed by atoms with E-state index in [0.29, 0.717) is 30.8 Å². The molecule has 3 saturated carbocycles. The number of sulfone groups is 1. The lowest BCUT2D eigenvalue weighted by Gasteiger charge is -2.46. The molecule has 3 N–H and O–H groups in total. The molecule has 3 aliphatic carbocycles. The first-order valence-corrected chi connectivity index (χ1v) is 16.3. The van der Waals surface area contributed by atoms with Gasteiger partial charge in [-0.05, 0) is 97.3 Å². The van der Waals surface area contributed by atoms with E-state index in [1.165, 1.54) is 5.57 Å². The number of hydrogen-bond acceptors (Lipinski definition) is 5. The van der Waals surface area contributed by atoms with Gasteiger partial charge >= 0.3 is 0 Å². The maximum absolute atomic E-state index is 14.0. The Balaban J connectivity index is 1.64. The van der Waals surface area contributed by atoms with E-state index in [2.05, 4.69) is 26.5 Å². The van der Waals surface area contributed by atoms with Crippen LogP contribution < -0.4 is 0 Å². The molecule has 0 saturated heterocycles. The van der Waals surface area contributed by atoms with Crippen molar-refractivity contribution in [3.05, 3.63) is 65.8 Å². The van der Waals surface area contributed by atoms with Crippen molar-refractivity contribution >= 4 is 9.84 Å². The van der Waals surface area contributed by atoms with Crippen LogP contribution in [0.1, 0.15) is 79.1 Å². The Hall–Kier alpha value is -1.73. The van der Waals surface area contributed by atoms with Crippen LogP contribution in [0.5, 0.6) is 0 Å². The van der Waals surface area contributed by atoms with Crippen LogP contribution in [0.4, 0.5) is 0 Å². The summed E-state index contributed by atoms with van der Waals surface area (Å²) in [6, 6.07) is 8.63. The first-order chi connectivity index (χ1) is 18.4. The smallest absolute Gasteiger partial charge is 0.184 e. The molecular formula is C33H48O5S. The summed E-state index contributed by atoms with van der Waals surface area (Å²) in [7, 11) is -3.73. The normalized spacial score (nSPS) is 34.3. The van der Waals surface area contributed by atoms with Crippen molar-refractivity contribution in [3.8, 4) is 0 Å². The van der Waals surface area contributed by atoms with Crippen molar-refractivity contribution in [3.63, 3.8) is 0 Å². The Morgan fingerprint density at radius 3 is 2.46 bits per heavy atom. The highest BCUT2D eigenvalue weighted by Gasteiger charge is 2.54. The van der Waals surface area contributed by atoms with Crippen LogP contribution in [0.2, 0.25) is 0 Å². The summed E-state index contributed by atoms with van der Waals surface area (Å²) in [5, 5.41) is 30.9. The molecule has 6 heteroatoms. The van der Waals surface area contributed by atoms with E-state index in [0.717, 1.165) is 37.7 Å². The molecule has 0 aromatic heterocycles. The molecule has 8 atom stereocenters. The average Bonchev–Trinajstić information content (AvgIpc) is 3.22. The first-order valence-electron chi connectivity index (χ1n) is 14.8. The van der Waals surface area contributed by atoms with Gasteiger partial charge in [0.05, 0.1) is 28.5 Å². The van der Waals surface area contributed by atoms with Crippen LogP contribution in [-0.2, 0) is 9.84 Å². The monoisotopic (exact) mass is 556 g/mol. The maximum Gasteiger partial charge on any atom is 0.184 e. The van der Waals surface area contributed by atoms with Gasteiger partial charge in [-0.3, -0.25) is 0 Å². The molecular weight excluding hydrogens is 508 g/mol. The SMILES string of the molecule is C=C1C(=CC=C2CCC[C@]3(C)[C@@H]([C@H](C)C(C(O)CC(C)C)S(=O)(=O)c4ccccc4)CC[C@@H]23)C[C@@H](O)C[C@@H]1O. The Bertz CT molecular complexity index is 1180. The van der Waals surface area contributed by atoms with E-state index in [9.17, 15) is 23.7 Å². The molecule has 5 nitrogen and oxygen atoms in total. The van der Waals surface area contributed by atoms with Gasteiger partial charge in [0.2, 0.25) is 0 Å². The predicted octanol–water partition coefficient (Wildman–Crippen LogP) is 6.01. The van der Waals surface area contributed by atoms with Crippen LogP contribution in [0.25, 0.3) is 0 Å². The Labute approximate surface area is 235 Å². The fourth-order valence-corrected chi connectivity index (χ4v) is 10.2. The lowest BCUT2D eigenvalue weighted by molar-refractivity contribution is 0.0601. The molecule has 0 heterocycles. The third-order valence-electron chi connectivity index (χ3n) is 9.98. The molecule has 0 bridgehead atoms. The molecule has 1 aromatic carbocycles. The van der Waals surface area contributed by atoms with Crippen molar-refractivity contribution in [2.45, 2.75) is 108 Å². The van der Waals surface area contributed by atoms with Gasteiger partial charge < -0.3 is 15.3 Å². The van der Waals surface area contributed by atoms with E-state index in [-0.39, 0.29) is 28.1 Å². The molecule has 3 aliphatic rings. The molecule has 0 radical (unpaired) electrons. The Kier molecular flexibility index (Phi) is 9.32. The summed E-state index contributed by atoms with van der Waals surface area (Å²) in [5.74, 6) is 0.526. The highest BCUT2D eigenvalue weighted by Crippen LogP contribution is 2.60. The number of aliphatic hydroxyl groups excluding tert-OH is 3. The third-order valence-corrected chi connectivity index (χ3v) is 12.4. The summed E-state index contributed by atoms with van der Waals surface area (Å²) in [6.07, 6.45) is 8.39. The average molecular weight is 557 g/mol. The fraction of sp³-hybridized carbons (Fsp3) is 0.636.